The van der Waals surface area contributed by atoms with Gasteiger partial charge in [-0.05, 0) is 25.1 Å². The van der Waals surface area contributed by atoms with E-state index in [1.54, 1.807) is 18.2 Å². The van der Waals surface area contributed by atoms with Crippen molar-refractivity contribution in [2.24, 2.45) is 5.73 Å². The van der Waals surface area contributed by atoms with Gasteiger partial charge in [0.15, 0.2) is 11.5 Å². The third kappa shape index (κ3) is 2.74. The Kier molecular flexibility index (Phi) is 3.85. The molecular formula is C14H18N2O5. The number of aliphatic hydroxyl groups excluding tert-OH is 1. The molecule has 21 heavy (non-hydrogen) atoms. The van der Waals surface area contributed by atoms with Crippen molar-refractivity contribution in [2.75, 3.05) is 31.2 Å². The van der Waals surface area contributed by atoms with Gasteiger partial charge in [0, 0.05) is 6.07 Å². The Morgan fingerprint density at radius 2 is 2.10 bits per heavy atom. The zero-order chi connectivity index (χ0) is 14.8. The summed E-state index contributed by atoms with van der Waals surface area (Å²) >= 11 is 0. The molecule has 1 fully saturated rings. The van der Waals surface area contributed by atoms with Gasteiger partial charge in [0.25, 0.3) is 0 Å². The zero-order valence-corrected chi connectivity index (χ0v) is 11.5. The van der Waals surface area contributed by atoms with Crippen LogP contribution in [-0.4, -0.2) is 49.7 Å². The summed E-state index contributed by atoms with van der Waals surface area (Å²) in [5.41, 5.74) is 6.07. The molecule has 0 saturated carbocycles. The Morgan fingerprint density at radius 1 is 1.33 bits per heavy atom. The molecular weight excluding hydrogens is 276 g/mol. The first kappa shape index (κ1) is 14.0. The summed E-state index contributed by atoms with van der Waals surface area (Å²) in [6, 6.07) is 5.28. The molecule has 2 heterocycles. The number of benzene rings is 1. The Morgan fingerprint density at radius 3 is 2.86 bits per heavy atom. The molecule has 0 radical (unpaired) electrons. The second kappa shape index (κ2) is 5.79. The fourth-order valence-corrected chi connectivity index (χ4v) is 2.45. The van der Waals surface area contributed by atoms with Gasteiger partial charge in [0.1, 0.15) is 19.3 Å². The summed E-state index contributed by atoms with van der Waals surface area (Å²) in [6.07, 6.45) is -1.39. The SMILES string of the molecule is NCC[C@@H](O)C1CN(c2ccc3c(c2)OCCO3)C(=O)O1. The first-order chi connectivity index (χ1) is 10.2. The summed E-state index contributed by atoms with van der Waals surface area (Å²) in [4.78, 5) is 13.4. The summed E-state index contributed by atoms with van der Waals surface area (Å²) < 4.78 is 16.1. The Bertz CT molecular complexity index is 536. The van der Waals surface area contributed by atoms with E-state index in [2.05, 4.69) is 0 Å². The summed E-state index contributed by atoms with van der Waals surface area (Å²) in [5.74, 6) is 1.27. The summed E-state index contributed by atoms with van der Waals surface area (Å²) in [7, 11) is 0. The molecule has 1 aromatic rings. The highest BCUT2D eigenvalue weighted by molar-refractivity contribution is 5.90. The summed E-state index contributed by atoms with van der Waals surface area (Å²) in [5, 5.41) is 9.89. The maximum Gasteiger partial charge on any atom is 0.414 e. The lowest BCUT2D eigenvalue weighted by atomic mass is 10.1. The molecule has 0 bridgehead atoms. The fraction of sp³-hybridized carbons (Fsp3) is 0.500. The van der Waals surface area contributed by atoms with Crippen LogP contribution >= 0.6 is 0 Å². The number of nitrogens with zero attached hydrogens (tertiary/aromatic N) is 1. The van der Waals surface area contributed by atoms with E-state index in [4.69, 9.17) is 19.9 Å². The van der Waals surface area contributed by atoms with Crippen LogP contribution in [0.25, 0.3) is 0 Å². The maximum absolute atomic E-state index is 12.0. The Balaban J connectivity index is 1.76. The number of fused-ring (bicyclic) bond motifs is 1. The first-order valence-electron chi connectivity index (χ1n) is 6.95. The number of aliphatic hydroxyl groups is 1. The lowest BCUT2D eigenvalue weighted by Crippen LogP contribution is -2.32. The van der Waals surface area contributed by atoms with Crippen molar-refractivity contribution in [2.45, 2.75) is 18.6 Å². The lowest BCUT2D eigenvalue weighted by molar-refractivity contribution is 0.0294. The number of cyclic esters (lactones) is 1. The Labute approximate surface area is 122 Å². The quantitative estimate of drug-likeness (QED) is 0.839. The van der Waals surface area contributed by atoms with Gasteiger partial charge in [0.2, 0.25) is 0 Å². The second-order valence-corrected chi connectivity index (χ2v) is 5.01. The standard InChI is InChI=1S/C14H18N2O5/c15-4-3-10(17)13-8-16(14(18)21-13)9-1-2-11-12(7-9)20-6-5-19-11/h1-2,7,10,13,17H,3-6,8,15H2/t10-,13?/m1/s1. The van der Waals surface area contributed by atoms with Crippen LogP contribution in [0, 0.1) is 0 Å². The van der Waals surface area contributed by atoms with Gasteiger partial charge in [-0.1, -0.05) is 0 Å². The predicted octanol–water partition coefficient (Wildman–Crippen LogP) is 0.493. The molecule has 7 nitrogen and oxygen atoms in total. The van der Waals surface area contributed by atoms with Crippen LogP contribution in [0.1, 0.15) is 6.42 Å². The van der Waals surface area contributed by atoms with Crippen LogP contribution in [0.3, 0.4) is 0 Å². The van der Waals surface area contributed by atoms with Crippen molar-refractivity contribution in [1.29, 1.82) is 0 Å². The highest BCUT2D eigenvalue weighted by Crippen LogP contribution is 2.35. The molecule has 1 unspecified atom stereocenters. The van der Waals surface area contributed by atoms with Crippen LogP contribution < -0.4 is 20.1 Å². The molecule has 2 atom stereocenters. The molecule has 3 N–H and O–H groups in total. The number of hydrogen-bond donors (Lipinski definition) is 2. The highest BCUT2D eigenvalue weighted by Gasteiger charge is 2.36. The van der Waals surface area contributed by atoms with Crippen LogP contribution in [0.4, 0.5) is 10.5 Å². The van der Waals surface area contributed by atoms with Crippen molar-refractivity contribution in [3.05, 3.63) is 18.2 Å². The number of nitrogens with two attached hydrogens (primary N) is 1. The molecule has 1 saturated heterocycles. The van der Waals surface area contributed by atoms with E-state index in [1.165, 1.54) is 4.90 Å². The average molecular weight is 294 g/mol. The summed E-state index contributed by atoms with van der Waals surface area (Å²) in [6.45, 7) is 1.64. The molecule has 2 aliphatic heterocycles. The monoisotopic (exact) mass is 294 g/mol. The van der Waals surface area contributed by atoms with E-state index < -0.39 is 18.3 Å². The maximum atomic E-state index is 12.0. The lowest BCUT2D eigenvalue weighted by Gasteiger charge is -2.21. The predicted molar refractivity (Wildman–Crippen MR) is 74.7 cm³/mol. The van der Waals surface area contributed by atoms with E-state index in [1.807, 2.05) is 0 Å². The van der Waals surface area contributed by atoms with E-state index in [9.17, 15) is 9.90 Å². The second-order valence-electron chi connectivity index (χ2n) is 5.01. The van der Waals surface area contributed by atoms with E-state index >= 15 is 0 Å². The molecule has 3 rings (SSSR count). The molecule has 7 heteroatoms. The molecule has 0 spiro atoms. The van der Waals surface area contributed by atoms with Gasteiger partial charge >= 0.3 is 6.09 Å². The van der Waals surface area contributed by atoms with E-state index in [0.29, 0.717) is 49.9 Å². The van der Waals surface area contributed by atoms with Crippen molar-refractivity contribution >= 4 is 11.8 Å². The first-order valence-corrected chi connectivity index (χ1v) is 6.95. The van der Waals surface area contributed by atoms with E-state index in [-0.39, 0.29) is 0 Å². The average Bonchev–Trinajstić information content (AvgIpc) is 2.89. The van der Waals surface area contributed by atoms with Crippen molar-refractivity contribution in [3.63, 3.8) is 0 Å². The number of rotatable bonds is 4. The van der Waals surface area contributed by atoms with Crippen molar-refractivity contribution in [1.82, 2.24) is 0 Å². The van der Waals surface area contributed by atoms with E-state index in [0.717, 1.165) is 0 Å². The van der Waals surface area contributed by atoms with Gasteiger partial charge in [-0.15, -0.1) is 0 Å². The van der Waals surface area contributed by atoms with Crippen LogP contribution in [0.2, 0.25) is 0 Å². The number of anilines is 1. The van der Waals surface area contributed by atoms with Crippen LogP contribution in [0.5, 0.6) is 11.5 Å². The molecule has 2 aliphatic rings. The van der Waals surface area contributed by atoms with Gasteiger partial charge in [-0.25, -0.2) is 4.79 Å². The van der Waals surface area contributed by atoms with Crippen LogP contribution in [0.15, 0.2) is 18.2 Å². The number of carbonyl (C=O) groups excluding carboxylic acids is 1. The fourth-order valence-electron chi connectivity index (χ4n) is 2.45. The van der Waals surface area contributed by atoms with Crippen LogP contribution in [-0.2, 0) is 4.74 Å². The minimum Gasteiger partial charge on any atom is -0.486 e. The molecule has 0 aliphatic carbocycles. The number of carbonyl (C=O) groups is 1. The van der Waals surface area contributed by atoms with Gasteiger partial charge < -0.3 is 25.1 Å². The Hall–Kier alpha value is -1.99. The smallest absolute Gasteiger partial charge is 0.414 e. The molecule has 0 aromatic heterocycles. The van der Waals surface area contributed by atoms with Gasteiger partial charge in [0.05, 0.1) is 18.3 Å². The van der Waals surface area contributed by atoms with Crippen molar-refractivity contribution in [3.8, 4) is 11.5 Å². The minimum atomic E-state index is -0.749. The van der Waals surface area contributed by atoms with Gasteiger partial charge in [-0.2, -0.15) is 0 Å². The number of hydrogen-bond acceptors (Lipinski definition) is 6. The highest BCUT2D eigenvalue weighted by atomic mass is 16.6. The third-order valence-corrected chi connectivity index (χ3v) is 3.56. The molecule has 1 amide bonds. The molecule has 114 valence electrons. The third-order valence-electron chi connectivity index (χ3n) is 3.56. The van der Waals surface area contributed by atoms with Gasteiger partial charge in [-0.3, -0.25) is 4.90 Å². The largest absolute Gasteiger partial charge is 0.486 e. The number of ether oxygens (including phenoxy) is 3. The number of amides is 1. The normalized spacial score (nSPS) is 22.1. The van der Waals surface area contributed by atoms with Crippen molar-refractivity contribution < 1.29 is 24.1 Å². The topological polar surface area (TPSA) is 94.3 Å². The zero-order valence-electron chi connectivity index (χ0n) is 11.5. The minimum absolute atomic E-state index is 0.291. The molecule has 1 aromatic carbocycles.